The first-order chi connectivity index (χ1) is 17.3. The number of benzene rings is 1. The molecule has 1 saturated carbocycles. The minimum absolute atomic E-state index is 0.00226. The van der Waals surface area contributed by atoms with Crippen LogP contribution in [0.15, 0.2) is 42.9 Å². The van der Waals surface area contributed by atoms with E-state index in [1.165, 1.54) is 36.0 Å². The molecule has 1 fully saturated rings. The highest BCUT2D eigenvalue weighted by Crippen LogP contribution is 2.41. The van der Waals surface area contributed by atoms with Crippen LogP contribution in [-0.4, -0.2) is 43.9 Å². The van der Waals surface area contributed by atoms with E-state index in [1.807, 2.05) is 0 Å². The Kier molecular flexibility index (Phi) is 7.36. The average Bonchev–Trinajstić information content (AvgIpc) is 3.39. The van der Waals surface area contributed by atoms with Crippen LogP contribution in [0.4, 0.5) is 20.3 Å². The Morgan fingerprint density at radius 2 is 2.03 bits per heavy atom. The maximum absolute atomic E-state index is 13.2. The molecule has 0 unspecified atom stereocenters. The molecule has 4 aromatic rings. The number of anilines is 2. The number of rotatable bonds is 6. The minimum Gasteiger partial charge on any atom is -0.434 e. The van der Waals surface area contributed by atoms with E-state index in [9.17, 15) is 13.6 Å². The summed E-state index contributed by atoms with van der Waals surface area (Å²) >= 11 is 6.15. The lowest BCUT2D eigenvalue weighted by molar-refractivity contribution is -0.0494. The number of nitrogen functional groups attached to an aromatic ring is 1. The third-order valence-electron chi connectivity index (χ3n) is 5.77. The van der Waals surface area contributed by atoms with E-state index in [1.54, 1.807) is 23.1 Å². The number of halogens is 3. The topological polar surface area (TPSA) is 138 Å². The second-order valence-electron chi connectivity index (χ2n) is 8.22. The summed E-state index contributed by atoms with van der Waals surface area (Å²) in [6.45, 7) is -0.909. The molecule has 1 aliphatic carbocycles. The summed E-state index contributed by atoms with van der Waals surface area (Å²) in [7, 11) is 1.50. The zero-order valence-corrected chi connectivity index (χ0v) is 20.3. The van der Waals surface area contributed by atoms with Crippen LogP contribution in [0.2, 0.25) is 5.02 Å². The Hall–Kier alpha value is -3.77. The van der Waals surface area contributed by atoms with Crippen molar-refractivity contribution >= 4 is 34.7 Å². The number of alkyl halides is 2. The molecule has 13 heteroatoms. The summed E-state index contributed by atoms with van der Waals surface area (Å²) in [5.74, 6) is -0.127. The molecule has 0 spiro atoms. The van der Waals surface area contributed by atoms with E-state index >= 15 is 0 Å². The molecule has 1 aromatic carbocycles. The van der Waals surface area contributed by atoms with Gasteiger partial charge in [-0.2, -0.15) is 13.9 Å². The number of nitrogens with one attached hydrogen (secondary N) is 1. The first-order valence-electron chi connectivity index (χ1n) is 11.1. The third kappa shape index (κ3) is 4.95. The van der Waals surface area contributed by atoms with Gasteiger partial charge in [0.25, 0.3) is 5.91 Å². The molecule has 0 saturated heterocycles. The van der Waals surface area contributed by atoms with Crippen LogP contribution >= 0.6 is 11.6 Å². The summed E-state index contributed by atoms with van der Waals surface area (Å²) in [5, 5.41) is 11.8. The largest absolute Gasteiger partial charge is 0.434 e. The van der Waals surface area contributed by atoms with Gasteiger partial charge in [-0.05, 0) is 50.1 Å². The van der Waals surface area contributed by atoms with Crippen LogP contribution in [0.25, 0.3) is 16.9 Å². The molecular formula is C23H25ClF2N8O2. The maximum atomic E-state index is 13.2. The van der Waals surface area contributed by atoms with Gasteiger partial charge in [0.1, 0.15) is 17.0 Å². The van der Waals surface area contributed by atoms with Crippen molar-refractivity contribution < 1.29 is 18.3 Å². The van der Waals surface area contributed by atoms with Crippen molar-refractivity contribution in [3.05, 3.63) is 53.4 Å². The van der Waals surface area contributed by atoms with Crippen LogP contribution < -0.4 is 21.5 Å². The fraction of sp³-hybridized carbons (Fsp3) is 0.304. The molecule has 0 radical (unpaired) electrons. The zero-order chi connectivity index (χ0) is 26.0. The first-order valence-corrected chi connectivity index (χ1v) is 11.5. The molecule has 0 aliphatic heterocycles. The van der Waals surface area contributed by atoms with Crippen LogP contribution in [0.3, 0.4) is 0 Å². The van der Waals surface area contributed by atoms with E-state index in [0.29, 0.717) is 16.6 Å². The number of nitrogens with two attached hydrogens (primary N) is 2. The van der Waals surface area contributed by atoms with Crippen LogP contribution in [0, 0.1) is 5.92 Å². The third-order valence-corrected chi connectivity index (χ3v) is 6.00. The van der Waals surface area contributed by atoms with Crippen LogP contribution in [0.5, 0.6) is 5.75 Å². The molecule has 0 bridgehead atoms. The second-order valence-corrected chi connectivity index (χ2v) is 8.66. The first kappa shape index (κ1) is 25.3. The van der Waals surface area contributed by atoms with E-state index in [4.69, 9.17) is 22.1 Å². The molecule has 1 amide bonds. The lowest BCUT2D eigenvalue weighted by Crippen LogP contribution is -2.25. The van der Waals surface area contributed by atoms with Gasteiger partial charge in [-0.15, -0.1) is 5.10 Å². The van der Waals surface area contributed by atoms with E-state index in [2.05, 4.69) is 33.2 Å². The Morgan fingerprint density at radius 3 is 2.72 bits per heavy atom. The number of carbonyl (C=O) groups is 1. The molecule has 5 rings (SSSR count). The second kappa shape index (κ2) is 10.5. The van der Waals surface area contributed by atoms with Crippen LogP contribution in [0.1, 0.15) is 36.2 Å². The maximum Gasteiger partial charge on any atom is 0.387 e. The van der Waals surface area contributed by atoms with Gasteiger partial charge in [-0.3, -0.25) is 9.48 Å². The van der Waals surface area contributed by atoms with Gasteiger partial charge in [0.05, 0.1) is 11.7 Å². The summed E-state index contributed by atoms with van der Waals surface area (Å²) in [5.41, 5.74) is 11.6. The van der Waals surface area contributed by atoms with Crippen molar-refractivity contribution in [3.63, 3.8) is 0 Å². The highest BCUT2D eigenvalue weighted by Gasteiger charge is 2.30. The predicted octanol–water partition coefficient (Wildman–Crippen LogP) is 4.23. The fourth-order valence-electron chi connectivity index (χ4n) is 4.14. The monoisotopic (exact) mass is 518 g/mol. The number of hydrogen-bond acceptors (Lipinski definition) is 7. The lowest BCUT2D eigenvalue weighted by atomic mass is 9.82. The molecule has 1 aliphatic rings. The van der Waals surface area contributed by atoms with Gasteiger partial charge in [0, 0.05) is 29.2 Å². The van der Waals surface area contributed by atoms with Gasteiger partial charge in [0.2, 0.25) is 0 Å². The van der Waals surface area contributed by atoms with Gasteiger partial charge in [0.15, 0.2) is 11.5 Å². The Labute approximate surface area is 210 Å². The number of fused-ring (bicyclic) bond motifs is 1. The zero-order valence-electron chi connectivity index (χ0n) is 19.5. The normalized spacial score (nSPS) is 16.9. The highest BCUT2D eigenvalue weighted by molar-refractivity contribution is 6.31. The van der Waals surface area contributed by atoms with Gasteiger partial charge in [-0.25, -0.2) is 9.50 Å². The molecule has 3 aromatic heterocycles. The SMILES string of the molecule is CC1CC(n2cc(NC(=O)c3c(N)nn4cccnc34)c(-c3cc(Cl)ccc3OC(F)F)n2)C1.CN. The van der Waals surface area contributed by atoms with Gasteiger partial charge >= 0.3 is 6.61 Å². The number of hydrogen-bond donors (Lipinski definition) is 3. The molecule has 190 valence electrons. The molecule has 5 N–H and O–H groups in total. The predicted molar refractivity (Wildman–Crippen MR) is 132 cm³/mol. The van der Waals surface area contributed by atoms with Crippen molar-refractivity contribution in [1.82, 2.24) is 24.4 Å². The fourth-order valence-corrected chi connectivity index (χ4v) is 4.31. The number of ether oxygens (including phenoxy) is 1. The summed E-state index contributed by atoms with van der Waals surface area (Å²) in [4.78, 5) is 17.4. The van der Waals surface area contributed by atoms with Crippen molar-refractivity contribution in [2.45, 2.75) is 32.4 Å². The van der Waals surface area contributed by atoms with E-state index in [0.717, 1.165) is 12.8 Å². The smallest absolute Gasteiger partial charge is 0.387 e. The number of carbonyl (C=O) groups excluding carboxylic acids is 1. The standard InChI is InChI=1S/C22H20ClF2N7O2.CH5N/c1-11-7-13(8-11)32-10-15(18(29-32)14-9-12(23)3-4-16(14)34-22(24)25)28-21(33)17-19(26)30-31-6-2-5-27-20(17)31;1-2/h2-6,9-11,13,22H,7-8H2,1H3,(H2,26,30)(H,28,33);2H2,1H3. The molecule has 0 atom stereocenters. The number of amides is 1. The summed E-state index contributed by atoms with van der Waals surface area (Å²) in [6.07, 6.45) is 6.64. The molecule has 3 heterocycles. The highest BCUT2D eigenvalue weighted by atomic mass is 35.5. The van der Waals surface area contributed by atoms with E-state index in [-0.39, 0.29) is 40.1 Å². The molecular weight excluding hydrogens is 494 g/mol. The van der Waals surface area contributed by atoms with Crippen molar-refractivity contribution in [3.8, 4) is 17.0 Å². The Morgan fingerprint density at radius 1 is 1.28 bits per heavy atom. The van der Waals surface area contributed by atoms with Gasteiger partial charge < -0.3 is 21.5 Å². The number of nitrogens with zero attached hydrogens (tertiary/aromatic N) is 5. The molecule has 36 heavy (non-hydrogen) atoms. The van der Waals surface area contributed by atoms with Gasteiger partial charge in [-0.1, -0.05) is 18.5 Å². The number of aromatic nitrogens is 5. The van der Waals surface area contributed by atoms with Crippen molar-refractivity contribution in [2.24, 2.45) is 11.7 Å². The van der Waals surface area contributed by atoms with Crippen molar-refractivity contribution in [1.29, 1.82) is 0 Å². The van der Waals surface area contributed by atoms with Crippen LogP contribution in [-0.2, 0) is 0 Å². The minimum atomic E-state index is -3.04. The summed E-state index contributed by atoms with van der Waals surface area (Å²) < 4.78 is 34.0. The molecule has 10 nitrogen and oxygen atoms in total. The Balaban J connectivity index is 0.00000148. The quantitative estimate of drug-likeness (QED) is 0.347. The summed E-state index contributed by atoms with van der Waals surface area (Å²) in [6, 6.07) is 6.04. The Bertz CT molecular complexity index is 1380. The van der Waals surface area contributed by atoms with E-state index < -0.39 is 12.5 Å². The average molecular weight is 519 g/mol. The van der Waals surface area contributed by atoms with Crippen molar-refractivity contribution in [2.75, 3.05) is 18.1 Å². The lowest BCUT2D eigenvalue weighted by Gasteiger charge is -2.32.